The molecule has 0 aliphatic rings. The molecule has 1 aromatic carbocycles. The average molecular weight is 340 g/mol. The van der Waals surface area contributed by atoms with Gasteiger partial charge in [0.25, 0.3) is 10.0 Å². The lowest BCUT2D eigenvalue weighted by atomic mass is 10.2. The number of nitrogens with zero attached hydrogens (tertiary/aromatic N) is 1. The summed E-state index contributed by atoms with van der Waals surface area (Å²) in [5.74, 6) is 0. The number of halogens is 2. The number of hydrazine groups is 1. The van der Waals surface area contributed by atoms with Gasteiger partial charge in [0.15, 0.2) is 0 Å². The van der Waals surface area contributed by atoms with E-state index in [0.717, 1.165) is 0 Å². The van der Waals surface area contributed by atoms with Gasteiger partial charge in [-0.3, -0.25) is 0 Å². The third-order valence-corrected chi connectivity index (χ3v) is 4.85. The molecule has 0 aliphatic carbocycles. The van der Waals surface area contributed by atoms with Crippen molar-refractivity contribution in [2.75, 3.05) is 14.1 Å². The monoisotopic (exact) mass is 339 g/mol. The van der Waals surface area contributed by atoms with E-state index in [1.54, 1.807) is 14.1 Å². The van der Waals surface area contributed by atoms with Crippen molar-refractivity contribution in [1.29, 1.82) is 0 Å². The van der Waals surface area contributed by atoms with Crippen LogP contribution in [0, 0.1) is 0 Å². The number of sulfonamides is 1. The Labute approximate surface area is 130 Å². The van der Waals surface area contributed by atoms with E-state index in [1.165, 1.54) is 17.1 Å². The second-order valence-electron chi connectivity index (χ2n) is 4.86. The molecule has 0 unspecified atom stereocenters. The third-order valence-electron chi connectivity index (χ3n) is 2.43. The zero-order chi connectivity index (χ0) is 15.5. The Balaban J connectivity index is 3.21. The Bertz CT molecular complexity index is 574. The SMILES string of the molecule is CC(C)NCc1c(Cl)ccc(S(=O)(=O)NN(C)C)c1Cl. The van der Waals surface area contributed by atoms with Crippen LogP contribution in [-0.4, -0.2) is 33.6 Å². The highest BCUT2D eigenvalue weighted by Crippen LogP contribution is 2.31. The molecule has 0 amide bonds. The molecule has 114 valence electrons. The van der Waals surface area contributed by atoms with Crippen LogP contribution in [0.5, 0.6) is 0 Å². The molecule has 2 N–H and O–H groups in total. The zero-order valence-electron chi connectivity index (χ0n) is 11.9. The van der Waals surface area contributed by atoms with Gasteiger partial charge >= 0.3 is 0 Å². The minimum atomic E-state index is -3.71. The molecule has 1 aromatic rings. The van der Waals surface area contributed by atoms with Crippen LogP contribution in [0.25, 0.3) is 0 Å². The fraction of sp³-hybridized carbons (Fsp3) is 0.500. The lowest BCUT2D eigenvalue weighted by Crippen LogP contribution is -2.36. The first-order chi connectivity index (χ1) is 9.15. The van der Waals surface area contributed by atoms with Crippen LogP contribution in [0.15, 0.2) is 17.0 Å². The van der Waals surface area contributed by atoms with Crippen molar-refractivity contribution in [3.8, 4) is 0 Å². The van der Waals surface area contributed by atoms with E-state index in [9.17, 15) is 8.42 Å². The molecule has 0 fully saturated rings. The maximum atomic E-state index is 12.2. The van der Waals surface area contributed by atoms with Crippen molar-refractivity contribution in [3.63, 3.8) is 0 Å². The first-order valence-corrected chi connectivity index (χ1v) is 8.29. The third kappa shape index (κ3) is 4.58. The van der Waals surface area contributed by atoms with Gasteiger partial charge in [0.05, 0.1) is 5.02 Å². The molecule has 0 radical (unpaired) electrons. The quantitative estimate of drug-likeness (QED) is 0.780. The molecule has 1 rings (SSSR count). The van der Waals surface area contributed by atoms with Gasteiger partial charge in [0, 0.05) is 37.3 Å². The van der Waals surface area contributed by atoms with E-state index in [-0.39, 0.29) is 16.0 Å². The van der Waals surface area contributed by atoms with E-state index >= 15 is 0 Å². The van der Waals surface area contributed by atoms with Crippen LogP contribution in [0.2, 0.25) is 10.0 Å². The molecule has 0 atom stereocenters. The summed E-state index contributed by atoms with van der Waals surface area (Å²) in [6, 6.07) is 3.17. The second-order valence-corrected chi connectivity index (χ2v) is 7.28. The van der Waals surface area contributed by atoms with E-state index < -0.39 is 10.0 Å². The number of benzene rings is 1. The summed E-state index contributed by atoms with van der Waals surface area (Å²) < 4.78 is 24.3. The van der Waals surface area contributed by atoms with Crippen LogP contribution in [0.3, 0.4) is 0 Å². The fourth-order valence-corrected chi connectivity index (χ4v) is 3.54. The van der Waals surface area contributed by atoms with Gasteiger partial charge in [-0.05, 0) is 12.1 Å². The Hall–Kier alpha value is -0.370. The Morgan fingerprint density at radius 1 is 1.25 bits per heavy atom. The summed E-state index contributed by atoms with van der Waals surface area (Å²) in [6.45, 7) is 4.37. The normalized spacial score (nSPS) is 12.4. The van der Waals surface area contributed by atoms with Crippen LogP contribution >= 0.6 is 23.2 Å². The Kier molecular flexibility index (Phi) is 6.25. The van der Waals surface area contributed by atoms with Gasteiger partial charge in [0.1, 0.15) is 4.90 Å². The predicted molar refractivity (Wildman–Crippen MR) is 82.4 cm³/mol. The van der Waals surface area contributed by atoms with Crippen LogP contribution in [0.4, 0.5) is 0 Å². The molecule has 0 spiro atoms. The molecule has 0 saturated carbocycles. The predicted octanol–water partition coefficient (Wildman–Crippen LogP) is 2.25. The Morgan fingerprint density at radius 3 is 2.35 bits per heavy atom. The van der Waals surface area contributed by atoms with Crippen LogP contribution in [0.1, 0.15) is 19.4 Å². The lowest BCUT2D eigenvalue weighted by Gasteiger charge is -2.17. The summed E-state index contributed by atoms with van der Waals surface area (Å²) in [4.78, 5) is 2.36. The van der Waals surface area contributed by atoms with Crippen LogP contribution < -0.4 is 10.1 Å². The fourth-order valence-electron chi connectivity index (χ4n) is 1.54. The molecule has 0 saturated heterocycles. The summed E-state index contributed by atoms with van der Waals surface area (Å²) in [7, 11) is -0.539. The van der Waals surface area contributed by atoms with Crippen LogP contribution in [-0.2, 0) is 16.6 Å². The maximum Gasteiger partial charge on any atom is 0.254 e. The van der Waals surface area contributed by atoms with Crippen molar-refractivity contribution < 1.29 is 8.42 Å². The van der Waals surface area contributed by atoms with Crippen molar-refractivity contribution in [3.05, 3.63) is 27.7 Å². The number of nitrogens with one attached hydrogen (secondary N) is 2. The molecule has 0 aliphatic heterocycles. The largest absolute Gasteiger partial charge is 0.310 e. The molecular formula is C12H19Cl2N3O2S. The van der Waals surface area contributed by atoms with Crippen molar-refractivity contribution in [1.82, 2.24) is 15.2 Å². The minimum absolute atomic E-state index is 0.0119. The van der Waals surface area contributed by atoms with Gasteiger partial charge in [0.2, 0.25) is 0 Å². The molecule has 5 nitrogen and oxygen atoms in total. The van der Waals surface area contributed by atoms with Crippen molar-refractivity contribution >= 4 is 33.2 Å². The average Bonchev–Trinajstić information content (AvgIpc) is 2.25. The van der Waals surface area contributed by atoms with E-state index in [4.69, 9.17) is 23.2 Å². The number of hydrogen-bond donors (Lipinski definition) is 2. The highest BCUT2D eigenvalue weighted by molar-refractivity contribution is 7.89. The zero-order valence-corrected chi connectivity index (χ0v) is 14.2. The van der Waals surface area contributed by atoms with Crippen molar-refractivity contribution in [2.24, 2.45) is 0 Å². The van der Waals surface area contributed by atoms with Gasteiger partial charge < -0.3 is 5.32 Å². The molecule has 0 heterocycles. The topological polar surface area (TPSA) is 61.4 Å². The summed E-state index contributed by atoms with van der Waals surface area (Å²) in [5.41, 5.74) is 0.573. The van der Waals surface area contributed by atoms with Crippen molar-refractivity contribution in [2.45, 2.75) is 31.3 Å². The highest BCUT2D eigenvalue weighted by Gasteiger charge is 2.22. The molecule has 0 aromatic heterocycles. The molecule has 20 heavy (non-hydrogen) atoms. The smallest absolute Gasteiger partial charge is 0.254 e. The number of rotatable bonds is 6. The molecule has 0 bridgehead atoms. The lowest BCUT2D eigenvalue weighted by molar-refractivity contribution is 0.364. The summed E-state index contributed by atoms with van der Waals surface area (Å²) in [6.07, 6.45) is 0. The van der Waals surface area contributed by atoms with E-state index in [2.05, 4.69) is 10.1 Å². The second kappa shape index (κ2) is 7.06. The van der Waals surface area contributed by atoms with Gasteiger partial charge in [-0.15, -0.1) is 4.83 Å². The van der Waals surface area contributed by atoms with Gasteiger partial charge in [-0.2, -0.15) is 0 Å². The summed E-state index contributed by atoms with van der Waals surface area (Å²) in [5, 5.41) is 5.08. The first kappa shape index (κ1) is 17.7. The molecule has 8 heteroatoms. The van der Waals surface area contributed by atoms with E-state index in [0.29, 0.717) is 17.1 Å². The minimum Gasteiger partial charge on any atom is -0.310 e. The van der Waals surface area contributed by atoms with Gasteiger partial charge in [-0.25, -0.2) is 13.4 Å². The number of hydrogen-bond acceptors (Lipinski definition) is 4. The first-order valence-electron chi connectivity index (χ1n) is 6.05. The highest BCUT2D eigenvalue weighted by atomic mass is 35.5. The van der Waals surface area contributed by atoms with E-state index in [1.807, 2.05) is 13.8 Å². The Morgan fingerprint density at radius 2 is 1.85 bits per heavy atom. The molecular weight excluding hydrogens is 321 g/mol. The maximum absolute atomic E-state index is 12.2. The van der Waals surface area contributed by atoms with Gasteiger partial charge in [-0.1, -0.05) is 37.0 Å². The summed E-state index contributed by atoms with van der Waals surface area (Å²) >= 11 is 12.3. The standard InChI is InChI=1S/C12H19Cl2N3O2S/c1-8(2)15-7-9-10(13)5-6-11(12(9)14)20(18,19)16-17(3)4/h5-6,8,15-16H,7H2,1-4H3.